The molecule has 0 heterocycles. The maximum Gasteiger partial charge on any atom is 0.416 e. The van der Waals surface area contributed by atoms with E-state index in [1.54, 1.807) is 0 Å². The van der Waals surface area contributed by atoms with Crippen LogP contribution < -0.4 is 5.32 Å². The van der Waals surface area contributed by atoms with E-state index in [1.165, 1.54) is 12.1 Å². The van der Waals surface area contributed by atoms with E-state index in [0.717, 1.165) is 25.0 Å². The molecule has 1 amide bonds. The molecule has 1 aromatic carbocycles. The Bertz CT molecular complexity index is 502. The molecular weight excluding hydrogens is 283 g/mol. The average Bonchev–Trinajstić information content (AvgIpc) is 2.41. The molecule has 116 valence electrons. The minimum Gasteiger partial charge on any atom is -0.391 e. The number of hydrogen-bond acceptors (Lipinski definition) is 2. The van der Waals surface area contributed by atoms with E-state index in [-0.39, 0.29) is 18.4 Å². The maximum absolute atomic E-state index is 12.6. The van der Waals surface area contributed by atoms with Crippen LogP contribution in [-0.2, 0) is 17.4 Å². The van der Waals surface area contributed by atoms with Crippen molar-refractivity contribution in [2.24, 2.45) is 0 Å². The van der Waals surface area contributed by atoms with Gasteiger partial charge in [0.1, 0.15) is 0 Å². The Balaban J connectivity index is 1.96. The zero-order chi connectivity index (χ0) is 15.5. The van der Waals surface area contributed by atoms with Crippen LogP contribution in [0.2, 0.25) is 0 Å². The first-order valence-electron chi connectivity index (χ1n) is 7.00. The van der Waals surface area contributed by atoms with Crippen molar-refractivity contribution < 1.29 is 23.1 Å². The lowest BCUT2D eigenvalue weighted by Crippen LogP contribution is -2.45. The lowest BCUT2D eigenvalue weighted by atomic mass is 9.92. The van der Waals surface area contributed by atoms with Crippen LogP contribution in [0.4, 0.5) is 13.2 Å². The first-order valence-corrected chi connectivity index (χ1v) is 7.00. The van der Waals surface area contributed by atoms with Crippen molar-refractivity contribution in [2.45, 2.75) is 50.4 Å². The second-order valence-electron chi connectivity index (χ2n) is 5.40. The molecule has 1 aromatic rings. The number of alkyl halides is 3. The maximum atomic E-state index is 12.6. The molecule has 2 unspecified atom stereocenters. The standard InChI is InChI=1S/C15H18F3NO2/c16-15(17,18)11-5-3-4-10(8-11)9-14(21)19-12-6-1-2-7-13(12)20/h3-5,8,12-13,20H,1-2,6-7,9H2,(H,19,21). The molecule has 1 saturated carbocycles. The van der Waals surface area contributed by atoms with Crippen molar-refractivity contribution >= 4 is 5.91 Å². The third-order valence-electron chi connectivity index (χ3n) is 3.69. The van der Waals surface area contributed by atoms with Crippen molar-refractivity contribution in [1.82, 2.24) is 5.32 Å². The monoisotopic (exact) mass is 301 g/mol. The molecule has 21 heavy (non-hydrogen) atoms. The molecule has 2 rings (SSSR count). The molecule has 0 spiro atoms. The van der Waals surface area contributed by atoms with E-state index in [2.05, 4.69) is 5.32 Å². The number of carbonyl (C=O) groups excluding carboxylic acids is 1. The van der Waals surface area contributed by atoms with E-state index in [4.69, 9.17) is 0 Å². The summed E-state index contributed by atoms with van der Waals surface area (Å²) < 4.78 is 37.8. The van der Waals surface area contributed by atoms with Gasteiger partial charge in [0.15, 0.2) is 0 Å². The molecule has 2 atom stereocenters. The number of carbonyl (C=O) groups is 1. The Hall–Kier alpha value is -1.56. The SMILES string of the molecule is O=C(Cc1cccc(C(F)(F)F)c1)NC1CCCCC1O. The van der Waals surface area contributed by atoms with Crippen LogP contribution in [0.5, 0.6) is 0 Å². The van der Waals surface area contributed by atoms with Crippen LogP contribution >= 0.6 is 0 Å². The highest BCUT2D eigenvalue weighted by Crippen LogP contribution is 2.29. The molecule has 1 aliphatic carbocycles. The molecule has 0 aliphatic heterocycles. The number of aliphatic hydroxyl groups excluding tert-OH is 1. The Morgan fingerprint density at radius 3 is 2.67 bits per heavy atom. The quantitative estimate of drug-likeness (QED) is 0.902. The number of benzene rings is 1. The summed E-state index contributed by atoms with van der Waals surface area (Å²) in [6, 6.07) is 4.45. The zero-order valence-electron chi connectivity index (χ0n) is 11.5. The van der Waals surface area contributed by atoms with Crippen LogP contribution in [0.3, 0.4) is 0 Å². The van der Waals surface area contributed by atoms with Crippen molar-refractivity contribution in [1.29, 1.82) is 0 Å². The summed E-state index contributed by atoms with van der Waals surface area (Å²) in [6.45, 7) is 0. The number of aliphatic hydroxyl groups is 1. The summed E-state index contributed by atoms with van der Waals surface area (Å²) in [6.07, 6.45) is -1.88. The highest BCUT2D eigenvalue weighted by molar-refractivity contribution is 5.79. The molecule has 3 nitrogen and oxygen atoms in total. The highest BCUT2D eigenvalue weighted by Gasteiger charge is 2.30. The summed E-state index contributed by atoms with van der Waals surface area (Å²) in [7, 11) is 0. The van der Waals surface area contributed by atoms with Crippen molar-refractivity contribution in [3.05, 3.63) is 35.4 Å². The van der Waals surface area contributed by atoms with Gasteiger partial charge in [-0.2, -0.15) is 13.2 Å². The van der Waals surface area contributed by atoms with Gasteiger partial charge in [-0.1, -0.05) is 31.0 Å². The molecule has 2 N–H and O–H groups in total. The van der Waals surface area contributed by atoms with Crippen LogP contribution in [0, 0.1) is 0 Å². The van der Waals surface area contributed by atoms with E-state index < -0.39 is 17.8 Å². The number of rotatable bonds is 3. The molecule has 1 fully saturated rings. The number of hydrogen-bond donors (Lipinski definition) is 2. The van der Waals surface area contributed by atoms with Crippen molar-refractivity contribution in [2.75, 3.05) is 0 Å². The van der Waals surface area contributed by atoms with Gasteiger partial charge in [-0.25, -0.2) is 0 Å². The van der Waals surface area contributed by atoms with Crippen LogP contribution in [0.25, 0.3) is 0 Å². The smallest absolute Gasteiger partial charge is 0.391 e. The summed E-state index contributed by atoms with van der Waals surface area (Å²) >= 11 is 0. The lowest BCUT2D eigenvalue weighted by Gasteiger charge is -2.28. The minimum absolute atomic E-state index is 0.118. The minimum atomic E-state index is -4.41. The lowest BCUT2D eigenvalue weighted by molar-refractivity contribution is -0.137. The fourth-order valence-corrected chi connectivity index (χ4v) is 2.58. The highest BCUT2D eigenvalue weighted by atomic mass is 19.4. The normalized spacial score (nSPS) is 22.9. The Labute approximate surface area is 121 Å². The fourth-order valence-electron chi connectivity index (χ4n) is 2.58. The molecular formula is C15H18F3NO2. The first-order chi connectivity index (χ1) is 9.86. The van der Waals surface area contributed by atoms with Gasteiger partial charge in [0.05, 0.1) is 24.1 Å². The summed E-state index contributed by atoms with van der Waals surface area (Å²) in [5.41, 5.74) is -0.446. The predicted molar refractivity (Wildman–Crippen MR) is 71.6 cm³/mol. The second kappa shape index (κ2) is 6.47. The zero-order valence-corrected chi connectivity index (χ0v) is 11.5. The largest absolute Gasteiger partial charge is 0.416 e. The van der Waals surface area contributed by atoms with Gasteiger partial charge in [-0.05, 0) is 24.5 Å². The molecule has 0 aromatic heterocycles. The average molecular weight is 301 g/mol. The second-order valence-corrected chi connectivity index (χ2v) is 5.40. The predicted octanol–water partition coefficient (Wildman–Crippen LogP) is 2.67. The summed E-state index contributed by atoms with van der Waals surface area (Å²) in [4.78, 5) is 11.9. The molecule has 0 radical (unpaired) electrons. The van der Waals surface area contributed by atoms with Gasteiger partial charge in [-0.3, -0.25) is 4.79 Å². The number of nitrogens with one attached hydrogen (secondary N) is 1. The van der Waals surface area contributed by atoms with E-state index in [0.29, 0.717) is 18.4 Å². The first kappa shape index (κ1) is 15.8. The Kier molecular flexibility index (Phi) is 4.88. The van der Waals surface area contributed by atoms with Gasteiger partial charge < -0.3 is 10.4 Å². The Morgan fingerprint density at radius 1 is 1.29 bits per heavy atom. The Morgan fingerprint density at radius 2 is 2.00 bits per heavy atom. The van der Waals surface area contributed by atoms with E-state index in [9.17, 15) is 23.1 Å². The summed E-state index contributed by atoms with van der Waals surface area (Å²) in [5, 5.41) is 12.5. The molecule has 1 aliphatic rings. The number of halogens is 3. The van der Waals surface area contributed by atoms with Gasteiger partial charge in [0.25, 0.3) is 0 Å². The third kappa shape index (κ3) is 4.46. The van der Waals surface area contributed by atoms with Crippen molar-refractivity contribution in [3.8, 4) is 0 Å². The third-order valence-corrected chi connectivity index (χ3v) is 3.69. The van der Waals surface area contributed by atoms with Gasteiger partial charge in [-0.15, -0.1) is 0 Å². The van der Waals surface area contributed by atoms with E-state index in [1.807, 2.05) is 0 Å². The van der Waals surface area contributed by atoms with E-state index >= 15 is 0 Å². The summed E-state index contributed by atoms with van der Waals surface area (Å²) in [5.74, 6) is -0.361. The molecule has 0 saturated heterocycles. The van der Waals surface area contributed by atoms with Gasteiger partial charge in [0, 0.05) is 0 Å². The van der Waals surface area contributed by atoms with Gasteiger partial charge in [0.2, 0.25) is 5.91 Å². The van der Waals surface area contributed by atoms with Crippen LogP contribution in [0.1, 0.15) is 36.8 Å². The van der Waals surface area contributed by atoms with Crippen LogP contribution in [0.15, 0.2) is 24.3 Å². The molecule has 0 bridgehead atoms. The number of amides is 1. The van der Waals surface area contributed by atoms with Crippen molar-refractivity contribution in [3.63, 3.8) is 0 Å². The molecule has 6 heteroatoms. The van der Waals surface area contributed by atoms with Gasteiger partial charge >= 0.3 is 6.18 Å². The fraction of sp³-hybridized carbons (Fsp3) is 0.533. The van der Waals surface area contributed by atoms with Crippen LogP contribution in [-0.4, -0.2) is 23.2 Å². The topological polar surface area (TPSA) is 49.3 Å².